The molecule has 4 heteroatoms. The zero-order valence-electron chi connectivity index (χ0n) is 12.8. The van der Waals surface area contributed by atoms with E-state index in [0.717, 1.165) is 24.4 Å². The first-order chi connectivity index (χ1) is 10.1. The molecule has 0 spiro atoms. The molecular weight excluding hydrogens is 264 g/mol. The number of carbonyl (C=O) groups is 1. The fourth-order valence-corrected chi connectivity index (χ4v) is 1.91. The van der Waals surface area contributed by atoms with Gasteiger partial charge in [0.2, 0.25) is 0 Å². The summed E-state index contributed by atoms with van der Waals surface area (Å²) in [5.74, 6) is 0.940. The van der Waals surface area contributed by atoms with E-state index in [2.05, 4.69) is 24.5 Å². The fraction of sp³-hybridized carbons (Fsp3) is 0.353. The molecule has 2 aromatic rings. The largest absolute Gasteiger partial charge is 0.456 e. The van der Waals surface area contributed by atoms with Gasteiger partial charge in [-0.05, 0) is 29.8 Å². The molecule has 21 heavy (non-hydrogen) atoms. The molecule has 1 amide bonds. The summed E-state index contributed by atoms with van der Waals surface area (Å²) in [7, 11) is 0. The van der Waals surface area contributed by atoms with E-state index in [1.807, 2.05) is 37.3 Å². The zero-order chi connectivity index (χ0) is 15.2. The normalized spacial score (nSPS) is 10.9. The molecule has 0 aliphatic rings. The molecule has 0 bridgehead atoms. The van der Waals surface area contributed by atoms with Crippen LogP contribution in [0.25, 0.3) is 0 Å². The molecule has 0 unspecified atom stereocenters. The molecule has 1 aromatic heterocycles. The highest BCUT2D eigenvalue weighted by Crippen LogP contribution is 2.13. The van der Waals surface area contributed by atoms with E-state index in [1.165, 1.54) is 5.56 Å². The monoisotopic (exact) mass is 286 g/mol. The lowest BCUT2D eigenvalue weighted by Gasteiger charge is -2.09. The minimum Gasteiger partial charge on any atom is -0.456 e. The Morgan fingerprint density at radius 2 is 1.86 bits per heavy atom. The Balaban J connectivity index is 1.94. The van der Waals surface area contributed by atoms with Gasteiger partial charge in [0, 0.05) is 24.7 Å². The highest BCUT2D eigenvalue weighted by molar-refractivity contribution is 6.02. The summed E-state index contributed by atoms with van der Waals surface area (Å²) in [6.45, 7) is 7.04. The van der Waals surface area contributed by atoms with Gasteiger partial charge in [0.25, 0.3) is 5.91 Å². The van der Waals surface area contributed by atoms with Crippen molar-refractivity contribution in [1.82, 2.24) is 5.32 Å². The van der Waals surface area contributed by atoms with Crippen LogP contribution in [-0.2, 0) is 13.0 Å². The van der Waals surface area contributed by atoms with Crippen molar-refractivity contribution in [3.05, 3.63) is 53.5 Å². The standard InChI is InChI=1S/C17H22N2O2/c1-4-15-9-10-16(21-15)17(20)19-14-7-5-13(6-8-14)11-18-12(2)3/h5-10,12,18H,4,11H2,1-3H3,(H,19,20). The number of anilines is 1. The highest BCUT2D eigenvalue weighted by atomic mass is 16.3. The van der Waals surface area contributed by atoms with Gasteiger partial charge in [-0.15, -0.1) is 0 Å². The molecule has 1 aromatic carbocycles. The number of hydrogen-bond acceptors (Lipinski definition) is 3. The molecule has 0 aliphatic heterocycles. The molecule has 4 nitrogen and oxygen atoms in total. The van der Waals surface area contributed by atoms with Gasteiger partial charge in [-0.3, -0.25) is 4.79 Å². The van der Waals surface area contributed by atoms with Crippen molar-refractivity contribution in [1.29, 1.82) is 0 Å². The van der Waals surface area contributed by atoms with Crippen LogP contribution in [0, 0.1) is 0 Å². The van der Waals surface area contributed by atoms with E-state index in [-0.39, 0.29) is 5.91 Å². The number of amides is 1. The van der Waals surface area contributed by atoms with Crippen LogP contribution in [0.4, 0.5) is 5.69 Å². The third-order valence-electron chi connectivity index (χ3n) is 3.16. The first-order valence-corrected chi connectivity index (χ1v) is 7.31. The first kappa shape index (κ1) is 15.3. The van der Waals surface area contributed by atoms with Crippen LogP contribution in [0.15, 0.2) is 40.8 Å². The Kier molecular flexibility index (Phi) is 5.17. The van der Waals surface area contributed by atoms with Crippen LogP contribution in [0.5, 0.6) is 0 Å². The van der Waals surface area contributed by atoms with Crippen molar-refractivity contribution in [2.75, 3.05) is 5.32 Å². The van der Waals surface area contributed by atoms with Crippen LogP contribution < -0.4 is 10.6 Å². The number of aryl methyl sites for hydroxylation is 1. The lowest BCUT2D eigenvalue weighted by atomic mass is 10.2. The summed E-state index contributed by atoms with van der Waals surface area (Å²) >= 11 is 0. The van der Waals surface area contributed by atoms with E-state index in [1.54, 1.807) is 6.07 Å². The average Bonchev–Trinajstić information content (AvgIpc) is 2.95. The van der Waals surface area contributed by atoms with Gasteiger partial charge in [-0.25, -0.2) is 0 Å². The van der Waals surface area contributed by atoms with Gasteiger partial charge in [0.15, 0.2) is 5.76 Å². The molecule has 0 saturated heterocycles. The Labute approximate surface area is 125 Å². The molecule has 0 aliphatic carbocycles. The van der Waals surface area contributed by atoms with E-state index in [4.69, 9.17) is 4.42 Å². The van der Waals surface area contributed by atoms with E-state index in [0.29, 0.717) is 11.8 Å². The van der Waals surface area contributed by atoms with Gasteiger partial charge in [-0.2, -0.15) is 0 Å². The van der Waals surface area contributed by atoms with Crippen molar-refractivity contribution in [2.24, 2.45) is 0 Å². The average molecular weight is 286 g/mol. The molecule has 2 N–H and O–H groups in total. The van der Waals surface area contributed by atoms with Gasteiger partial charge in [0.05, 0.1) is 0 Å². The SMILES string of the molecule is CCc1ccc(C(=O)Nc2ccc(CNC(C)C)cc2)o1. The van der Waals surface area contributed by atoms with Crippen LogP contribution in [-0.4, -0.2) is 11.9 Å². The van der Waals surface area contributed by atoms with Crippen molar-refractivity contribution in [3.8, 4) is 0 Å². The summed E-state index contributed by atoms with van der Waals surface area (Å²) < 4.78 is 5.43. The van der Waals surface area contributed by atoms with E-state index < -0.39 is 0 Å². The topological polar surface area (TPSA) is 54.3 Å². The Hall–Kier alpha value is -2.07. The number of nitrogens with one attached hydrogen (secondary N) is 2. The summed E-state index contributed by atoms with van der Waals surface area (Å²) in [4.78, 5) is 12.0. The minimum absolute atomic E-state index is 0.220. The number of carbonyl (C=O) groups excluding carboxylic acids is 1. The predicted molar refractivity (Wildman–Crippen MR) is 84.5 cm³/mol. The summed E-state index contributed by atoms with van der Waals surface area (Å²) in [5, 5.41) is 6.19. The Morgan fingerprint density at radius 1 is 1.14 bits per heavy atom. The van der Waals surface area contributed by atoms with Gasteiger partial charge in [0.1, 0.15) is 5.76 Å². The molecule has 112 valence electrons. The summed E-state index contributed by atoms with van der Waals surface area (Å²) in [6, 6.07) is 11.8. The van der Waals surface area contributed by atoms with Crippen LogP contribution in [0.2, 0.25) is 0 Å². The zero-order valence-corrected chi connectivity index (χ0v) is 12.8. The maximum Gasteiger partial charge on any atom is 0.291 e. The molecule has 0 saturated carbocycles. The summed E-state index contributed by atoms with van der Waals surface area (Å²) in [5.41, 5.74) is 1.95. The molecule has 0 atom stereocenters. The van der Waals surface area contributed by atoms with Crippen LogP contribution in [0.1, 0.15) is 42.6 Å². The number of hydrogen-bond donors (Lipinski definition) is 2. The number of benzene rings is 1. The second-order valence-electron chi connectivity index (χ2n) is 5.31. The predicted octanol–water partition coefficient (Wildman–Crippen LogP) is 3.59. The fourth-order valence-electron chi connectivity index (χ4n) is 1.91. The highest BCUT2D eigenvalue weighted by Gasteiger charge is 2.10. The van der Waals surface area contributed by atoms with Gasteiger partial charge >= 0.3 is 0 Å². The number of furan rings is 1. The van der Waals surface area contributed by atoms with E-state index in [9.17, 15) is 4.79 Å². The smallest absolute Gasteiger partial charge is 0.291 e. The lowest BCUT2D eigenvalue weighted by molar-refractivity contribution is 0.0995. The van der Waals surface area contributed by atoms with Crippen molar-refractivity contribution in [3.63, 3.8) is 0 Å². The number of rotatable bonds is 6. The lowest BCUT2D eigenvalue weighted by Crippen LogP contribution is -2.21. The van der Waals surface area contributed by atoms with Crippen molar-refractivity contribution in [2.45, 2.75) is 39.8 Å². The van der Waals surface area contributed by atoms with Gasteiger partial charge in [-0.1, -0.05) is 32.9 Å². The summed E-state index contributed by atoms with van der Waals surface area (Å²) in [6.07, 6.45) is 0.783. The minimum atomic E-state index is -0.220. The quantitative estimate of drug-likeness (QED) is 0.853. The molecule has 2 rings (SSSR count). The molecule has 0 fully saturated rings. The van der Waals surface area contributed by atoms with E-state index >= 15 is 0 Å². The maximum absolute atomic E-state index is 12.0. The Morgan fingerprint density at radius 3 is 2.43 bits per heavy atom. The van der Waals surface area contributed by atoms with Crippen molar-refractivity contribution < 1.29 is 9.21 Å². The van der Waals surface area contributed by atoms with Crippen molar-refractivity contribution >= 4 is 11.6 Å². The van der Waals surface area contributed by atoms with Gasteiger partial charge < -0.3 is 15.1 Å². The Bertz CT molecular complexity index is 585. The second kappa shape index (κ2) is 7.09. The third kappa shape index (κ3) is 4.46. The third-order valence-corrected chi connectivity index (χ3v) is 3.16. The maximum atomic E-state index is 12.0. The second-order valence-corrected chi connectivity index (χ2v) is 5.31. The van der Waals surface area contributed by atoms with Crippen LogP contribution in [0.3, 0.4) is 0 Å². The first-order valence-electron chi connectivity index (χ1n) is 7.31. The molecule has 0 radical (unpaired) electrons. The van der Waals surface area contributed by atoms with Crippen LogP contribution >= 0.6 is 0 Å². The molecule has 1 heterocycles. The molecular formula is C17H22N2O2.